The second-order valence-electron chi connectivity index (χ2n) is 2.67. The normalized spacial score (nSPS) is 33.1. The molecule has 1 saturated heterocycles. The molecule has 0 aromatic rings. The van der Waals surface area contributed by atoms with Crippen LogP contribution in [0.5, 0.6) is 0 Å². The van der Waals surface area contributed by atoms with E-state index in [2.05, 4.69) is 0 Å². The van der Waals surface area contributed by atoms with Crippen molar-refractivity contribution in [3.8, 4) is 0 Å². The maximum absolute atomic E-state index is 10.7. The minimum absolute atomic E-state index is 0.00662. The molecule has 1 fully saturated rings. The number of hydrogen-bond acceptors (Lipinski definition) is 3. The summed E-state index contributed by atoms with van der Waals surface area (Å²) < 4.78 is 4.88. The highest BCUT2D eigenvalue weighted by atomic mass is 16.5. The van der Waals surface area contributed by atoms with E-state index in [-0.39, 0.29) is 18.0 Å². The van der Waals surface area contributed by atoms with Crippen LogP contribution in [0.2, 0.25) is 0 Å². The predicted octanol–water partition coefficient (Wildman–Crippen LogP) is 0.978. The van der Waals surface area contributed by atoms with Gasteiger partial charge in [0.2, 0.25) is 0 Å². The SMILES string of the molecule is CC1CC(C=N)CC(=O)O1. The monoisotopic (exact) mass is 141 g/mol. The van der Waals surface area contributed by atoms with Gasteiger partial charge in [0.25, 0.3) is 0 Å². The van der Waals surface area contributed by atoms with Crippen LogP contribution >= 0.6 is 0 Å². The molecule has 0 amide bonds. The van der Waals surface area contributed by atoms with Gasteiger partial charge in [-0.25, -0.2) is 0 Å². The van der Waals surface area contributed by atoms with Gasteiger partial charge in [-0.3, -0.25) is 4.79 Å². The van der Waals surface area contributed by atoms with E-state index in [1.807, 2.05) is 6.92 Å². The van der Waals surface area contributed by atoms with Gasteiger partial charge in [0.05, 0.1) is 12.5 Å². The van der Waals surface area contributed by atoms with Gasteiger partial charge in [-0.2, -0.15) is 0 Å². The summed E-state index contributed by atoms with van der Waals surface area (Å²) in [5, 5.41) is 6.94. The molecule has 10 heavy (non-hydrogen) atoms. The van der Waals surface area contributed by atoms with Crippen molar-refractivity contribution in [3.05, 3.63) is 0 Å². The predicted molar refractivity (Wildman–Crippen MR) is 37.1 cm³/mol. The smallest absolute Gasteiger partial charge is 0.306 e. The molecule has 2 unspecified atom stereocenters. The number of nitrogens with one attached hydrogen (secondary N) is 1. The van der Waals surface area contributed by atoms with Crippen LogP contribution in [-0.2, 0) is 9.53 Å². The van der Waals surface area contributed by atoms with Gasteiger partial charge in [-0.1, -0.05) is 0 Å². The summed E-state index contributed by atoms with van der Waals surface area (Å²) in [7, 11) is 0. The molecule has 1 aliphatic rings. The molecule has 1 N–H and O–H groups in total. The maximum Gasteiger partial charge on any atom is 0.306 e. The van der Waals surface area contributed by atoms with Gasteiger partial charge in [0.1, 0.15) is 0 Å². The Labute approximate surface area is 59.9 Å². The van der Waals surface area contributed by atoms with Crippen molar-refractivity contribution in [2.24, 2.45) is 5.92 Å². The first kappa shape index (κ1) is 7.25. The van der Waals surface area contributed by atoms with E-state index in [1.54, 1.807) is 0 Å². The third kappa shape index (κ3) is 1.56. The number of rotatable bonds is 1. The fourth-order valence-electron chi connectivity index (χ4n) is 1.17. The standard InChI is InChI=1S/C7H11NO2/c1-5-2-6(4-8)3-7(9)10-5/h4-6,8H,2-3H2,1H3. The van der Waals surface area contributed by atoms with Crippen molar-refractivity contribution in [1.82, 2.24) is 0 Å². The molecular weight excluding hydrogens is 130 g/mol. The van der Waals surface area contributed by atoms with Crippen LogP contribution in [0, 0.1) is 11.3 Å². The molecule has 3 heteroatoms. The third-order valence-corrected chi connectivity index (χ3v) is 1.63. The summed E-state index contributed by atoms with van der Waals surface area (Å²) in [6.07, 6.45) is 2.51. The summed E-state index contributed by atoms with van der Waals surface area (Å²) in [6, 6.07) is 0. The molecule has 0 radical (unpaired) electrons. The van der Waals surface area contributed by atoms with Crippen molar-refractivity contribution in [2.75, 3.05) is 0 Å². The lowest BCUT2D eigenvalue weighted by Crippen LogP contribution is -2.27. The molecule has 0 bridgehead atoms. The topological polar surface area (TPSA) is 50.2 Å². The second kappa shape index (κ2) is 2.82. The molecule has 0 saturated carbocycles. The van der Waals surface area contributed by atoms with E-state index >= 15 is 0 Å². The quantitative estimate of drug-likeness (QED) is 0.437. The molecule has 0 aromatic carbocycles. The molecule has 2 atom stereocenters. The summed E-state index contributed by atoms with van der Waals surface area (Å²) in [6.45, 7) is 1.85. The van der Waals surface area contributed by atoms with Gasteiger partial charge in [-0.15, -0.1) is 0 Å². The maximum atomic E-state index is 10.7. The van der Waals surface area contributed by atoms with E-state index in [0.717, 1.165) is 6.42 Å². The molecule has 1 rings (SSSR count). The third-order valence-electron chi connectivity index (χ3n) is 1.63. The second-order valence-corrected chi connectivity index (χ2v) is 2.67. The number of hydrogen-bond donors (Lipinski definition) is 1. The Morgan fingerprint density at radius 1 is 1.80 bits per heavy atom. The molecule has 0 aliphatic carbocycles. The summed E-state index contributed by atoms with van der Waals surface area (Å²) >= 11 is 0. The van der Waals surface area contributed by atoms with E-state index in [1.165, 1.54) is 6.21 Å². The van der Waals surface area contributed by atoms with Crippen LogP contribution in [-0.4, -0.2) is 18.3 Å². The van der Waals surface area contributed by atoms with Gasteiger partial charge in [-0.05, 0) is 19.6 Å². The van der Waals surface area contributed by atoms with E-state index in [0.29, 0.717) is 6.42 Å². The summed E-state index contributed by atoms with van der Waals surface area (Å²) in [5.41, 5.74) is 0. The van der Waals surface area contributed by atoms with E-state index in [9.17, 15) is 4.79 Å². The first-order valence-electron chi connectivity index (χ1n) is 3.42. The van der Waals surface area contributed by atoms with E-state index in [4.69, 9.17) is 10.1 Å². The number of carbonyl (C=O) groups is 1. The Bertz CT molecular complexity index is 156. The number of cyclic esters (lactones) is 1. The minimum Gasteiger partial charge on any atom is -0.463 e. The van der Waals surface area contributed by atoms with Crippen LogP contribution < -0.4 is 0 Å². The van der Waals surface area contributed by atoms with Crippen LogP contribution in [0.25, 0.3) is 0 Å². The Morgan fingerprint density at radius 2 is 2.50 bits per heavy atom. The van der Waals surface area contributed by atoms with Crippen molar-refractivity contribution in [3.63, 3.8) is 0 Å². The van der Waals surface area contributed by atoms with Crippen LogP contribution in [0.15, 0.2) is 0 Å². The van der Waals surface area contributed by atoms with Crippen molar-refractivity contribution < 1.29 is 9.53 Å². The first-order chi connectivity index (χ1) is 4.72. The minimum atomic E-state index is -0.174. The van der Waals surface area contributed by atoms with Gasteiger partial charge in [0, 0.05) is 5.92 Å². The number of ether oxygens (including phenoxy) is 1. The Balaban J connectivity index is 2.50. The fourth-order valence-corrected chi connectivity index (χ4v) is 1.17. The van der Waals surface area contributed by atoms with Crippen molar-refractivity contribution in [1.29, 1.82) is 5.41 Å². The van der Waals surface area contributed by atoms with Gasteiger partial charge in [0.15, 0.2) is 0 Å². The van der Waals surface area contributed by atoms with Gasteiger partial charge < -0.3 is 10.1 Å². The lowest BCUT2D eigenvalue weighted by Gasteiger charge is -2.23. The highest BCUT2D eigenvalue weighted by Crippen LogP contribution is 2.18. The largest absolute Gasteiger partial charge is 0.463 e. The molecule has 56 valence electrons. The Morgan fingerprint density at radius 3 is 3.00 bits per heavy atom. The lowest BCUT2D eigenvalue weighted by atomic mass is 9.97. The molecular formula is C7H11NO2. The van der Waals surface area contributed by atoms with Crippen molar-refractivity contribution >= 4 is 12.2 Å². The highest BCUT2D eigenvalue weighted by molar-refractivity contribution is 5.75. The average molecular weight is 141 g/mol. The zero-order valence-corrected chi connectivity index (χ0v) is 5.96. The van der Waals surface area contributed by atoms with Crippen LogP contribution in [0.1, 0.15) is 19.8 Å². The highest BCUT2D eigenvalue weighted by Gasteiger charge is 2.23. The Kier molecular flexibility index (Phi) is 2.04. The van der Waals surface area contributed by atoms with Crippen LogP contribution in [0.4, 0.5) is 0 Å². The number of carbonyl (C=O) groups excluding carboxylic acids is 1. The van der Waals surface area contributed by atoms with Crippen LogP contribution in [0.3, 0.4) is 0 Å². The molecule has 3 nitrogen and oxygen atoms in total. The van der Waals surface area contributed by atoms with Crippen molar-refractivity contribution in [2.45, 2.75) is 25.9 Å². The number of esters is 1. The van der Waals surface area contributed by atoms with E-state index < -0.39 is 0 Å². The summed E-state index contributed by atoms with van der Waals surface area (Å²) in [5.74, 6) is -0.0662. The molecule has 0 spiro atoms. The summed E-state index contributed by atoms with van der Waals surface area (Å²) in [4.78, 5) is 10.7. The Hall–Kier alpha value is -0.860. The van der Waals surface area contributed by atoms with Gasteiger partial charge >= 0.3 is 5.97 Å². The molecule has 1 aliphatic heterocycles. The fraction of sp³-hybridized carbons (Fsp3) is 0.714. The first-order valence-corrected chi connectivity index (χ1v) is 3.42. The zero-order chi connectivity index (χ0) is 7.56. The molecule has 1 heterocycles. The molecule has 0 aromatic heterocycles. The average Bonchev–Trinajstić information content (AvgIpc) is 1.85. The lowest BCUT2D eigenvalue weighted by molar-refractivity contribution is -0.153. The zero-order valence-electron chi connectivity index (χ0n) is 5.96.